The molecular formula is C10H10KN3S. The van der Waals surface area contributed by atoms with Crippen molar-refractivity contribution in [2.45, 2.75) is 12.3 Å². The Labute approximate surface area is 135 Å². The summed E-state index contributed by atoms with van der Waals surface area (Å²) in [4.78, 5) is 4.54. The molecule has 0 radical (unpaired) electrons. The van der Waals surface area contributed by atoms with E-state index in [1.54, 1.807) is 0 Å². The van der Waals surface area contributed by atoms with Crippen molar-refractivity contribution in [3.05, 3.63) is 29.8 Å². The van der Waals surface area contributed by atoms with Crippen LogP contribution < -0.4 is 51.4 Å². The molecule has 1 N–H and O–H groups in total. The summed E-state index contributed by atoms with van der Waals surface area (Å²) in [5.74, 6) is 3.32. The van der Waals surface area contributed by atoms with Crippen molar-refractivity contribution in [1.82, 2.24) is 9.55 Å². The summed E-state index contributed by atoms with van der Waals surface area (Å²) in [6, 6.07) is 5.68. The van der Waals surface area contributed by atoms with Gasteiger partial charge in [0.2, 0.25) is 0 Å². The van der Waals surface area contributed by atoms with Gasteiger partial charge in [-0.3, -0.25) is 0 Å². The van der Waals surface area contributed by atoms with Gasteiger partial charge in [-0.15, -0.1) is 5.69 Å². The largest absolute Gasteiger partial charge is 1.00 e. The van der Waals surface area contributed by atoms with Crippen molar-refractivity contribution in [3.63, 3.8) is 0 Å². The van der Waals surface area contributed by atoms with Crippen LogP contribution in [0.3, 0.4) is 0 Å². The van der Waals surface area contributed by atoms with Crippen molar-refractivity contribution in [3.8, 4) is 0 Å². The van der Waals surface area contributed by atoms with E-state index in [0.29, 0.717) is 5.69 Å². The molecule has 1 aromatic heterocycles. The first kappa shape index (κ1) is 11.9. The Kier molecular flexibility index (Phi) is 3.80. The summed E-state index contributed by atoms with van der Waals surface area (Å²) >= 11 is 1.93. The third kappa shape index (κ3) is 2.14. The molecular weight excluding hydrogens is 233 g/mol. The van der Waals surface area contributed by atoms with Crippen LogP contribution in [0.5, 0.6) is 0 Å². The van der Waals surface area contributed by atoms with E-state index >= 15 is 0 Å². The quantitative estimate of drug-likeness (QED) is 0.610. The third-order valence-corrected chi connectivity index (χ3v) is 3.45. The van der Waals surface area contributed by atoms with E-state index in [1.165, 1.54) is 11.3 Å². The monoisotopic (exact) mass is 243 g/mol. The van der Waals surface area contributed by atoms with Crippen molar-refractivity contribution >= 4 is 28.5 Å². The van der Waals surface area contributed by atoms with Crippen LogP contribution in [0.2, 0.25) is 0 Å². The van der Waals surface area contributed by atoms with Crippen molar-refractivity contribution < 1.29 is 51.4 Å². The second kappa shape index (κ2) is 4.77. The van der Waals surface area contributed by atoms with Gasteiger partial charge in [-0.25, -0.2) is 4.98 Å². The first-order valence-electron chi connectivity index (χ1n) is 4.63. The van der Waals surface area contributed by atoms with Gasteiger partial charge in [0.25, 0.3) is 0 Å². The third-order valence-electron chi connectivity index (χ3n) is 2.52. The topological polar surface area (TPSA) is 41.6 Å². The minimum absolute atomic E-state index is 0. The molecule has 0 unspecified atom stereocenters. The van der Waals surface area contributed by atoms with Gasteiger partial charge < -0.3 is 10.3 Å². The molecule has 1 aromatic carbocycles. The maximum atomic E-state index is 7.53. The van der Waals surface area contributed by atoms with E-state index in [-0.39, 0.29) is 51.4 Å². The molecule has 72 valence electrons. The minimum atomic E-state index is 0. The maximum absolute atomic E-state index is 7.53. The van der Waals surface area contributed by atoms with Crippen molar-refractivity contribution in [2.24, 2.45) is 0 Å². The molecule has 3 nitrogen and oxygen atoms in total. The molecule has 1 aliphatic rings. The number of benzene rings is 1. The number of aryl methyl sites for hydroxylation is 1. The molecule has 0 saturated heterocycles. The van der Waals surface area contributed by atoms with Gasteiger partial charge in [-0.05, 0) is 12.1 Å². The van der Waals surface area contributed by atoms with E-state index in [0.717, 1.165) is 23.6 Å². The van der Waals surface area contributed by atoms with Crippen LogP contribution in [-0.2, 0) is 12.3 Å². The Balaban J connectivity index is 0.000000853. The number of fused-ring (bicyclic) bond motifs is 3. The summed E-state index contributed by atoms with van der Waals surface area (Å²) in [6.45, 7) is 1.05. The number of imidazole rings is 1. The number of rotatable bonds is 0. The Morgan fingerprint density at radius 3 is 3.13 bits per heavy atom. The summed E-state index contributed by atoms with van der Waals surface area (Å²) in [5.41, 5.74) is 10.2. The molecule has 0 fully saturated rings. The van der Waals surface area contributed by atoms with E-state index in [1.807, 2.05) is 30.0 Å². The van der Waals surface area contributed by atoms with Gasteiger partial charge in [0.15, 0.2) is 0 Å². The number of aromatic nitrogens is 2. The van der Waals surface area contributed by atoms with Gasteiger partial charge in [-0.1, -0.05) is 6.07 Å². The number of nitrogens with one attached hydrogen (secondary N) is 1. The average Bonchev–Trinajstić information content (AvgIpc) is 2.54. The number of thioether (sulfide) groups is 1. The molecule has 0 saturated carbocycles. The van der Waals surface area contributed by atoms with Crippen molar-refractivity contribution in [2.75, 3.05) is 5.75 Å². The molecule has 5 heteroatoms. The van der Waals surface area contributed by atoms with Crippen LogP contribution >= 0.6 is 11.8 Å². The summed E-state index contributed by atoms with van der Waals surface area (Å²) in [6.07, 6.45) is 0. The molecule has 0 atom stereocenters. The summed E-state index contributed by atoms with van der Waals surface area (Å²) < 4.78 is 2.27. The second-order valence-electron chi connectivity index (χ2n) is 3.44. The molecule has 2 heterocycles. The zero-order valence-corrected chi connectivity index (χ0v) is 12.6. The van der Waals surface area contributed by atoms with Crippen molar-refractivity contribution in [1.29, 1.82) is 0 Å². The molecule has 0 spiro atoms. The fourth-order valence-corrected chi connectivity index (χ4v) is 2.72. The minimum Gasteiger partial charge on any atom is -0.699 e. The molecule has 2 aromatic rings. The standard InChI is InChI=1S/C10H10N3S.K/c11-7-1-2-9-8(5-7)12-10-6-14-4-3-13(9)10;/h1-2,5,11H,3-4,6H2;/q-1;+1. The van der Waals surface area contributed by atoms with Crippen LogP contribution in [-0.4, -0.2) is 15.3 Å². The Morgan fingerprint density at radius 1 is 1.40 bits per heavy atom. The number of nitrogens with zero attached hydrogens (tertiary/aromatic N) is 2. The molecule has 0 aliphatic carbocycles. The van der Waals surface area contributed by atoms with Gasteiger partial charge in [-0.2, -0.15) is 11.8 Å². The van der Waals surface area contributed by atoms with E-state index < -0.39 is 0 Å². The predicted molar refractivity (Wildman–Crippen MR) is 59.9 cm³/mol. The maximum Gasteiger partial charge on any atom is 1.00 e. The van der Waals surface area contributed by atoms with E-state index in [2.05, 4.69) is 9.55 Å². The average molecular weight is 243 g/mol. The summed E-state index contributed by atoms with van der Waals surface area (Å²) in [7, 11) is 0. The first-order valence-corrected chi connectivity index (χ1v) is 5.78. The Hall–Kier alpha value is 0.476. The molecule has 0 amide bonds. The van der Waals surface area contributed by atoms with E-state index in [4.69, 9.17) is 5.73 Å². The molecule has 1 aliphatic heterocycles. The van der Waals surface area contributed by atoms with Crippen LogP contribution in [0.1, 0.15) is 5.82 Å². The smallest absolute Gasteiger partial charge is 0.699 e. The Morgan fingerprint density at radius 2 is 2.27 bits per heavy atom. The van der Waals surface area contributed by atoms with Gasteiger partial charge in [0.05, 0.1) is 16.8 Å². The number of hydrogen-bond acceptors (Lipinski definition) is 2. The zero-order valence-electron chi connectivity index (χ0n) is 8.66. The molecule has 0 bridgehead atoms. The normalized spacial score (nSPS) is 14.7. The van der Waals surface area contributed by atoms with E-state index in [9.17, 15) is 0 Å². The molecule has 15 heavy (non-hydrogen) atoms. The molecule has 3 rings (SSSR count). The number of hydrogen-bond donors (Lipinski definition) is 0. The SMILES string of the molecule is [K+].[NH-]c1ccc2c(c1)nc1n2CCSC1. The van der Waals surface area contributed by atoms with Crippen LogP contribution in [0.4, 0.5) is 5.69 Å². The first-order chi connectivity index (χ1) is 6.84. The van der Waals surface area contributed by atoms with Gasteiger partial charge in [0, 0.05) is 12.3 Å². The van der Waals surface area contributed by atoms with Crippen LogP contribution in [0.15, 0.2) is 18.2 Å². The fraction of sp³-hybridized carbons (Fsp3) is 0.300. The van der Waals surface area contributed by atoms with Gasteiger partial charge >= 0.3 is 51.4 Å². The zero-order chi connectivity index (χ0) is 9.54. The fourth-order valence-electron chi connectivity index (χ4n) is 1.86. The predicted octanol–water partition coefficient (Wildman–Crippen LogP) is -0.0292. The van der Waals surface area contributed by atoms with Crippen LogP contribution in [0, 0.1) is 0 Å². The second-order valence-corrected chi connectivity index (χ2v) is 4.54. The Bertz CT molecular complexity index is 495. The van der Waals surface area contributed by atoms with Crippen LogP contribution in [0.25, 0.3) is 16.8 Å². The summed E-state index contributed by atoms with van der Waals surface area (Å²) in [5, 5.41) is 0. The van der Waals surface area contributed by atoms with Gasteiger partial charge in [0.1, 0.15) is 5.82 Å².